The summed E-state index contributed by atoms with van der Waals surface area (Å²) < 4.78 is 0. The van der Waals surface area contributed by atoms with Crippen LogP contribution in [-0.2, 0) is 9.59 Å². The third-order valence-corrected chi connectivity index (χ3v) is 9.54. The summed E-state index contributed by atoms with van der Waals surface area (Å²) in [6, 6.07) is 0.156. The number of hydrogen-bond acceptors (Lipinski definition) is 6. The van der Waals surface area contributed by atoms with E-state index >= 15 is 0 Å². The maximum atomic E-state index is 12.6. The van der Waals surface area contributed by atoms with Gasteiger partial charge in [-0.3, -0.25) is 9.59 Å². The van der Waals surface area contributed by atoms with Gasteiger partial charge in [0.1, 0.15) is 5.78 Å². The Morgan fingerprint density at radius 2 is 1.89 bits per heavy atom. The fourth-order valence-electron chi connectivity index (χ4n) is 4.09. The van der Waals surface area contributed by atoms with Gasteiger partial charge in [-0.25, -0.2) is 0 Å². The average Bonchev–Trinajstić information content (AvgIpc) is 3.34. The molecule has 0 saturated carbocycles. The molecule has 3 nitrogen and oxygen atoms in total. The van der Waals surface area contributed by atoms with Gasteiger partial charge < -0.3 is 4.90 Å². The van der Waals surface area contributed by atoms with E-state index in [2.05, 4.69) is 25.3 Å². The number of amides is 1. The summed E-state index contributed by atoms with van der Waals surface area (Å²) >= 11 is 8.79. The van der Waals surface area contributed by atoms with Crippen LogP contribution in [0.5, 0.6) is 0 Å². The molecule has 1 amide bonds. The van der Waals surface area contributed by atoms with E-state index in [1.165, 1.54) is 18.6 Å². The van der Waals surface area contributed by atoms with Gasteiger partial charge in [-0.05, 0) is 57.1 Å². The first kappa shape index (κ1) is 24.8. The molecular formula is C21H37NO2S4. The molecule has 2 saturated heterocycles. The molecule has 0 aromatic heterocycles. The Hall–Kier alpha value is 0.540. The third kappa shape index (κ3) is 9.57. The van der Waals surface area contributed by atoms with E-state index in [1.54, 1.807) is 0 Å². The van der Waals surface area contributed by atoms with E-state index in [9.17, 15) is 9.59 Å². The monoisotopic (exact) mass is 463 g/mol. The topological polar surface area (TPSA) is 37.4 Å². The molecule has 3 unspecified atom stereocenters. The van der Waals surface area contributed by atoms with Crippen LogP contribution in [0.4, 0.5) is 0 Å². The van der Waals surface area contributed by atoms with Gasteiger partial charge in [0.05, 0.1) is 0 Å². The minimum absolute atomic E-state index is 0.156. The number of hydrogen-bond donors (Lipinski definition) is 2. The first-order valence-electron chi connectivity index (χ1n) is 11.0. The Labute approximate surface area is 190 Å². The number of thiol groups is 2. The van der Waals surface area contributed by atoms with E-state index in [-0.39, 0.29) is 11.9 Å². The van der Waals surface area contributed by atoms with Crippen LogP contribution in [0.3, 0.4) is 0 Å². The zero-order valence-electron chi connectivity index (χ0n) is 17.0. The van der Waals surface area contributed by atoms with Gasteiger partial charge in [0.15, 0.2) is 0 Å². The second kappa shape index (κ2) is 14.5. The second-order valence-electron chi connectivity index (χ2n) is 8.11. The molecule has 2 aliphatic rings. The van der Waals surface area contributed by atoms with Crippen LogP contribution in [0.1, 0.15) is 83.5 Å². The highest BCUT2D eigenvalue weighted by molar-refractivity contribution is 8.77. The average molecular weight is 464 g/mol. The summed E-state index contributed by atoms with van der Waals surface area (Å²) in [6.07, 6.45) is 12.7. The number of ketones is 1. The molecule has 2 aliphatic heterocycles. The van der Waals surface area contributed by atoms with E-state index in [4.69, 9.17) is 0 Å². The van der Waals surface area contributed by atoms with Crippen molar-refractivity contribution in [1.29, 1.82) is 0 Å². The molecule has 0 aromatic rings. The zero-order chi connectivity index (χ0) is 20.2. The maximum absolute atomic E-state index is 12.6. The Bertz CT molecular complexity index is 471. The molecular weight excluding hydrogens is 427 g/mol. The van der Waals surface area contributed by atoms with Gasteiger partial charge in [0.2, 0.25) is 5.91 Å². The number of rotatable bonds is 14. The van der Waals surface area contributed by atoms with Crippen molar-refractivity contribution in [3.63, 3.8) is 0 Å². The molecule has 0 spiro atoms. The third-order valence-electron chi connectivity index (χ3n) is 5.76. The van der Waals surface area contributed by atoms with Crippen molar-refractivity contribution in [3.05, 3.63) is 0 Å². The van der Waals surface area contributed by atoms with Crippen molar-refractivity contribution in [2.45, 2.75) is 100 Å². The molecule has 3 atom stereocenters. The van der Waals surface area contributed by atoms with Crippen molar-refractivity contribution in [3.8, 4) is 0 Å². The van der Waals surface area contributed by atoms with Gasteiger partial charge in [0, 0.05) is 48.1 Å². The van der Waals surface area contributed by atoms with Crippen LogP contribution < -0.4 is 0 Å². The zero-order valence-corrected chi connectivity index (χ0v) is 20.4. The van der Waals surface area contributed by atoms with Crippen molar-refractivity contribution in [2.24, 2.45) is 0 Å². The molecule has 28 heavy (non-hydrogen) atoms. The van der Waals surface area contributed by atoms with Crippen LogP contribution in [0, 0.1) is 0 Å². The Morgan fingerprint density at radius 1 is 1.07 bits per heavy atom. The molecule has 7 heteroatoms. The predicted molar refractivity (Wildman–Crippen MR) is 131 cm³/mol. The predicted octanol–water partition coefficient (Wildman–Crippen LogP) is 5.83. The smallest absolute Gasteiger partial charge is 0.222 e. The lowest BCUT2D eigenvalue weighted by molar-refractivity contribution is -0.133. The Balaban J connectivity index is 1.58. The summed E-state index contributed by atoms with van der Waals surface area (Å²) in [5.74, 6) is 2.75. The summed E-state index contributed by atoms with van der Waals surface area (Å²) in [5, 5.41) is 1.20. The van der Waals surface area contributed by atoms with Crippen LogP contribution in [0.2, 0.25) is 0 Å². The summed E-state index contributed by atoms with van der Waals surface area (Å²) in [4.78, 5) is 27.0. The Kier molecular flexibility index (Phi) is 12.9. The maximum Gasteiger partial charge on any atom is 0.222 e. The summed E-state index contributed by atoms with van der Waals surface area (Å²) in [7, 11) is 4.01. The van der Waals surface area contributed by atoms with Gasteiger partial charge >= 0.3 is 0 Å². The number of nitrogens with zero attached hydrogens (tertiary/aromatic N) is 1. The number of unbranched alkanes of at least 4 members (excludes halogenated alkanes) is 2. The van der Waals surface area contributed by atoms with Gasteiger partial charge in [-0.15, -0.1) is 0 Å². The normalized spacial score (nSPS) is 23.3. The largest absolute Gasteiger partial charge is 0.339 e. The van der Waals surface area contributed by atoms with E-state index in [0.717, 1.165) is 68.9 Å². The van der Waals surface area contributed by atoms with Crippen molar-refractivity contribution >= 4 is 58.5 Å². The van der Waals surface area contributed by atoms with Crippen molar-refractivity contribution < 1.29 is 9.59 Å². The lowest BCUT2D eigenvalue weighted by Gasteiger charge is -2.24. The highest BCUT2D eigenvalue weighted by Gasteiger charge is 2.29. The number of carbonyl (C=O) groups is 2. The molecule has 0 aliphatic carbocycles. The fraction of sp³-hybridized carbons (Fsp3) is 0.905. The molecule has 2 rings (SSSR count). The highest BCUT2D eigenvalue weighted by Crippen LogP contribution is 2.39. The molecule has 0 aromatic carbocycles. The lowest BCUT2D eigenvalue weighted by atomic mass is 10.0. The SMILES string of the molecule is O=C(CCCCC1CCSS1)CC1CCCN1C(=O)CCCCC(S)CCS. The molecule has 162 valence electrons. The number of Topliss-reactive ketones (excluding diaryl/α,β-unsaturated/α-hetero) is 1. The molecule has 0 N–H and O–H groups in total. The van der Waals surface area contributed by atoms with Gasteiger partial charge in [-0.1, -0.05) is 34.4 Å². The van der Waals surface area contributed by atoms with Crippen LogP contribution in [0.15, 0.2) is 0 Å². The van der Waals surface area contributed by atoms with Gasteiger partial charge in [0.25, 0.3) is 0 Å². The summed E-state index contributed by atoms with van der Waals surface area (Å²) in [6.45, 7) is 0.836. The first-order valence-corrected chi connectivity index (χ1v) is 14.5. The standard InChI is InChI=1S/C21H37NO2S4/c23-18(7-1-3-9-20-12-15-27-28-20)16-17-6-5-13-22(17)21(24)10-4-2-8-19(26)11-14-25/h17,19-20,25-26H,1-16H2. The second-order valence-corrected chi connectivity index (χ2v) is 12.1. The van der Waals surface area contributed by atoms with Crippen LogP contribution >= 0.6 is 46.8 Å². The minimum atomic E-state index is 0.156. The Morgan fingerprint density at radius 3 is 2.64 bits per heavy atom. The fourth-order valence-corrected chi connectivity index (χ4v) is 7.95. The van der Waals surface area contributed by atoms with Crippen molar-refractivity contribution in [1.82, 2.24) is 4.90 Å². The molecule has 2 heterocycles. The van der Waals surface area contributed by atoms with E-state index < -0.39 is 0 Å². The molecule has 0 radical (unpaired) electrons. The van der Waals surface area contributed by atoms with Gasteiger partial charge in [-0.2, -0.15) is 25.3 Å². The lowest BCUT2D eigenvalue weighted by Crippen LogP contribution is -2.36. The first-order chi connectivity index (χ1) is 13.6. The van der Waals surface area contributed by atoms with Crippen LogP contribution in [-0.4, -0.2) is 51.2 Å². The molecule has 2 fully saturated rings. The minimum Gasteiger partial charge on any atom is -0.339 e. The van der Waals surface area contributed by atoms with Crippen molar-refractivity contribution in [2.75, 3.05) is 18.1 Å². The van der Waals surface area contributed by atoms with E-state index in [1.807, 2.05) is 26.5 Å². The number of likely N-dealkylation sites (tertiary alicyclic amines) is 1. The van der Waals surface area contributed by atoms with Crippen LogP contribution in [0.25, 0.3) is 0 Å². The number of carbonyl (C=O) groups excluding carboxylic acids is 2. The van der Waals surface area contributed by atoms with E-state index in [0.29, 0.717) is 30.3 Å². The molecule has 0 bridgehead atoms. The highest BCUT2D eigenvalue weighted by atomic mass is 33.1. The quantitative estimate of drug-likeness (QED) is 0.193. The summed E-state index contributed by atoms with van der Waals surface area (Å²) in [5.41, 5.74) is 0.